The Morgan fingerprint density at radius 3 is 1.11 bits per heavy atom. The average Bonchev–Trinajstić information content (AvgIpc) is 1.19. The first-order valence-electron chi connectivity index (χ1n) is 1.83. The molecule has 9 heavy (non-hydrogen) atoms. The fraction of sp³-hybridized carbons (Fsp3) is 1.00. The summed E-state index contributed by atoms with van der Waals surface area (Å²) in [6.07, 6.45) is 0. The van der Waals surface area contributed by atoms with Crippen LogP contribution in [-0.4, -0.2) is 16.6 Å². The summed E-state index contributed by atoms with van der Waals surface area (Å²) in [6.45, 7) is 3.35. The lowest BCUT2D eigenvalue weighted by Gasteiger charge is -1.91. The molecule has 0 aromatic heterocycles. The van der Waals surface area contributed by atoms with Crippen molar-refractivity contribution in [1.82, 2.24) is 0 Å². The van der Waals surface area contributed by atoms with Gasteiger partial charge in [-0.05, 0) is 0 Å². The predicted molar refractivity (Wildman–Crippen MR) is 45.6 cm³/mol. The lowest BCUT2D eigenvalue weighted by molar-refractivity contribution is 0.594. The van der Waals surface area contributed by atoms with Gasteiger partial charge in [0.05, 0.1) is 0 Å². The van der Waals surface area contributed by atoms with Crippen molar-refractivity contribution < 1.29 is 4.57 Å². The summed E-state index contributed by atoms with van der Waals surface area (Å²) in [7, 11) is -0.870. The summed E-state index contributed by atoms with van der Waals surface area (Å²) in [5.74, 6) is 0. The van der Waals surface area contributed by atoms with Gasteiger partial charge in [-0.1, -0.05) is 51.0 Å². The molecule has 0 aliphatic rings. The van der Waals surface area contributed by atoms with Gasteiger partial charge in [0.15, 0.2) is 0 Å². The molecule has 0 saturated heterocycles. The second-order valence-corrected chi connectivity index (χ2v) is 6.29. The van der Waals surface area contributed by atoms with Crippen molar-refractivity contribution in [2.24, 2.45) is 0 Å². The summed E-state index contributed by atoms with van der Waals surface area (Å²) < 4.78 is 7.98. The van der Waals surface area contributed by atoms with Gasteiger partial charge in [-0.3, -0.25) is 0 Å². The Hall–Kier alpha value is 1.26. The topological polar surface area (TPSA) is 17.1 Å². The van der Waals surface area contributed by atoms with Crippen LogP contribution in [0.25, 0.3) is 0 Å². The molecule has 0 saturated carbocycles. The average molecular weight is 231 g/mol. The normalized spacial score (nSPS) is 9.56. The van der Waals surface area contributed by atoms with Crippen molar-refractivity contribution in [3.8, 4) is 0 Å². The van der Waals surface area contributed by atoms with Crippen LogP contribution in [0.3, 0.4) is 0 Å². The molecule has 56 valence electrons. The molecule has 0 aromatic rings. The quantitative estimate of drug-likeness (QED) is 0.459. The maximum Gasteiger partial charge on any atom is 0.332 e. The van der Waals surface area contributed by atoms with Crippen LogP contribution in [0.15, 0.2) is 0 Å². The Labute approximate surface area is 75.4 Å². The molecule has 0 spiro atoms. The van der Waals surface area contributed by atoms with Gasteiger partial charge < -0.3 is 0 Å². The second kappa shape index (κ2) is 6.00. The summed E-state index contributed by atoms with van der Waals surface area (Å²) in [6, 6.07) is 0. The third-order valence-electron chi connectivity index (χ3n) is 0. The first-order valence-corrected chi connectivity index (χ1v) is 5.50. The highest BCUT2D eigenvalue weighted by Gasteiger charge is 2.11. The van der Waals surface area contributed by atoms with Gasteiger partial charge in [0.25, 0.3) is 3.25 Å². The standard InChI is InChI=1S/C2H6OP.CCl4/c1-4(2)3;2-1(3,4)5/h1-2H3;/q+1;. The van der Waals surface area contributed by atoms with Crippen LogP contribution in [0.1, 0.15) is 0 Å². The zero-order chi connectivity index (χ0) is 8.08. The zero-order valence-electron chi connectivity index (χ0n) is 4.87. The summed E-state index contributed by atoms with van der Waals surface area (Å²) in [5.41, 5.74) is 0. The molecule has 0 bridgehead atoms. The predicted octanol–water partition coefficient (Wildman–Crippen LogP) is 3.63. The number of halogens is 4. The number of rotatable bonds is 0. The van der Waals surface area contributed by atoms with E-state index >= 15 is 0 Å². The van der Waals surface area contributed by atoms with Crippen LogP contribution >= 0.6 is 54.2 Å². The van der Waals surface area contributed by atoms with Crippen LogP contribution in [0.5, 0.6) is 0 Å². The summed E-state index contributed by atoms with van der Waals surface area (Å²) in [4.78, 5) is 0. The van der Waals surface area contributed by atoms with Crippen LogP contribution < -0.4 is 0 Å². The maximum atomic E-state index is 9.59. The minimum atomic E-state index is -1.61. The van der Waals surface area contributed by atoms with Crippen molar-refractivity contribution in [3.63, 3.8) is 0 Å². The van der Waals surface area contributed by atoms with Gasteiger partial charge in [0.2, 0.25) is 0 Å². The molecule has 6 heteroatoms. The molecule has 0 aliphatic carbocycles. The molecule has 0 amide bonds. The highest BCUT2D eigenvalue weighted by molar-refractivity contribution is 7.42. The lowest BCUT2D eigenvalue weighted by atomic mass is 11.8. The van der Waals surface area contributed by atoms with Crippen LogP contribution in [0, 0.1) is 0 Å². The lowest BCUT2D eigenvalue weighted by Crippen LogP contribution is -1.81. The first-order chi connectivity index (χ1) is 3.73. The van der Waals surface area contributed by atoms with E-state index in [2.05, 4.69) is 0 Å². The van der Waals surface area contributed by atoms with E-state index in [1.165, 1.54) is 0 Å². The molecule has 0 atom stereocenters. The van der Waals surface area contributed by atoms with Gasteiger partial charge in [-0.2, -0.15) is 0 Å². The molecule has 0 heterocycles. The van der Waals surface area contributed by atoms with Crippen molar-refractivity contribution in [2.45, 2.75) is 3.25 Å². The third-order valence-corrected chi connectivity index (χ3v) is 0. The summed E-state index contributed by atoms with van der Waals surface area (Å²) >= 11 is 19.3. The molecule has 0 unspecified atom stereocenters. The molecular formula is C3H6Cl4OP+. The van der Waals surface area contributed by atoms with Crippen molar-refractivity contribution in [1.29, 1.82) is 0 Å². The van der Waals surface area contributed by atoms with E-state index in [1.54, 1.807) is 13.3 Å². The molecular weight excluding hydrogens is 225 g/mol. The fourth-order valence-electron chi connectivity index (χ4n) is 0. The van der Waals surface area contributed by atoms with Crippen molar-refractivity contribution in [3.05, 3.63) is 0 Å². The molecule has 1 nitrogen and oxygen atoms in total. The SMILES string of the molecule is C[P+](C)=O.ClC(Cl)(Cl)Cl. The van der Waals surface area contributed by atoms with Gasteiger partial charge in [0, 0.05) is 0 Å². The van der Waals surface area contributed by atoms with Crippen LogP contribution in [0.4, 0.5) is 0 Å². The summed E-state index contributed by atoms with van der Waals surface area (Å²) in [5, 5.41) is 0. The molecule has 0 fully saturated rings. The molecule has 0 aliphatic heterocycles. The van der Waals surface area contributed by atoms with E-state index in [0.29, 0.717) is 0 Å². The van der Waals surface area contributed by atoms with Crippen LogP contribution in [-0.2, 0) is 4.57 Å². The number of alkyl halides is 4. The largest absolute Gasteiger partial charge is 0.332 e. The highest BCUT2D eigenvalue weighted by atomic mass is 35.6. The Balaban J connectivity index is 0. The fourth-order valence-corrected chi connectivity index (χ4v) is 0. The smallest absolute Gasteiger partial charge is 0.0755 e. The first kappa shape index (κ1) is 12.9. The van der Waals surface area contributed by atoms with Gasteiger partial charge in [0.1, 0.15) is 13.3 Å². The maximum absolute atomic E-state index is 9.59. The minimum absolute atomic E-state index is 0.870. The van der Waals surface area contributed by atoms with Gasteiger partial charge in [-0.25, -0.2) is 0 Å². The Morgan fingerprint density at radius 1 is 1.11 bits per heavy atom. The molecule has 0 N–H and O–H groups in total. The number of hydrogen-bond donors (Lipinski definition) is 0. The van der Waals surface area contributed by atoms with E-state index in [4.69, 9.17) is 46.4 Å². The Morgan fingerprint density at radius 2 is 1.11 bits per heavy atom. The third kappa shape index (κ3) is 307. The van der Waals surface area contributed by atoms with Gasteiger partial charge >= 0.3 is 7.80 Å². The van der Waals surface area contributed by atoms with E-state index in [0.717, 1.165) is 0 Å². The van der Waals surface area contributed by atoms with Crippen molar-refractivity contribution >= 4 is 54.2 Å². The Kier molecular flexibility index (Phi) is 8.60. The molecule has 0 aromatic carbocycles. The van der Waals surface area contributed by atoms with Crippen LogP contribution in [0.2, 0.25) is 0 Å². The minimum Gasteiger partial charge on any atom is -0.0755 e. The van der Waals surface area contributed by atoms with Gasteiger partial charge in [-0.15, -0.1) is 0 Å². The monoisotopic (exact) mass is 229 g/mol. The van der Waals surface area contributed by atoms with E-state index in [-0.39, 0.29) is 0 Å². The van der Waals surface area contributed by atoms with E-state index in [1.807, 2.05) is 0 Å². The number of hydrogen-bond acceptors (Lipinski definition) is 1. The highest BCUT2D eigenvalue weighted by Crippen LogP contribution is 2.29. The Bertz CT molecular complexity index is 78.3. The van der Waals surface area contributed by atoms with E-state index < -0.39 is 11.1 Å². The van der Waals surface area contributed by atoms with Crippen molar-refractivity contribution in [2.75, 3.05) is 13.3 Å². The zero-order valence-corrected chi connectivity index (χ0v) is 8.79. The molecule has 0 rings (SSSR count). The molecule has 0 radical (unpaired) electrons. The van der Waals surface area contributed by atoms with E-state index in [9.17, 15) is 4.57 Å². The second-order valence-electron chi connectivity index (χ2n) is 1.24.